The van der Waals surface area contributed by atoms with Gasteiger partial charge in [-0.1, -0.05) is 32.0 Å². The highest BCUT2D eigenvalue weighted by Gasteiger charge is 1.79. The number of para-hydroxylation sites is 1. The summed E-state index contributed by atoms with van der Waals surface area (Å²) in [7, 11) is 0. The molecule has 1 N–H and O–H groups in total. The molecule has 0 saturated heterocycles. The summed E-state index contributed by atoms with van der Waals surface area (Å²) in [6, 6.07) is 8.71. The van der Waals surface area contributed by atoms with Crippen molar-refractivity contribution in [1.82, 2.24) is 0 Å². The van der Waals surface area contributed by atoms with Crippen molar-refractivity contribution in [3.8, 4) is 5.75 Å². The Morgan fingerprint density at radius 2 is 1.67 bits per heavy atom. The first-order chi connectivity index (χ1) is 5.66. The van der Waals surface area contributed by atoms with Crippen molar-refractivity contribution in [1.29, 1.82) is 0 Å². The zero-order chi connectivity index (χ0) is 9.40. The smallest absolute Gasteiger partial charge is 0.122 e. The van der Waals surface area contributed by atoms with Crippen LogP contribution in [0.5, 0.6) is 5.75 Å². The lowest BCUT2D eigenvalue weighted by Gasteiger charge is -1.82. The van der Waals surface area contributed by atoms with Crippen LogP contribution in [0, 0.1) is 5.92 Å². The molecule has 0 unspecified atom stereocenters. The van der Waals surface area contributed by atoms with Crippen LogP contribution in [-0.4, -0.2) is 11.4 Å². The van der Waals surface area contributed by atoms with Gasteiger partial charge in [-0.15, -0.1) is 0 Å². The SMILES string of the molecule is CC(C)C=O.Oc1ccccc1. The zero-order valence-corrected chi connectivity index (χ0v) is 7.40. The van der Waals surface area contributed by atoms with E-state index in [-0.39, 0.29) is 5.92 Å². The molecule has 66 valence electrons. The van der Waals surface area contributed by atoms with Crippen LogP contribution in [0.15, 0.2) is 30.3 Å². The predicted molar refractivity (Wildman–Crippen MR) is 49.0 cm³/mol. The van der Waals surface area contributed by atoms with E-state index in [2.05, 4.69) is 0 Å². The molecule has 0 heterocycles. The molecule has 0 aliphatic carbocycles. The van der Waals surface area contributed by atoms with Crippen LogP contribution in [-0.2, 0) is 4.79 Å². The summed E-state index contributed by atoms with van der Waals surface area (Å²) in [6.07, 6.45) is 0.917. The van der Waals surface area contributed by atoms with E-state index in [0.29, 0.717) is 5.75 Å². The Hall–Kier alpha value is -1.31. The second kappa shape index (κ2) is 6.40. The minimum atomic E-state index is 0.204. The topological polar surface area (TPSA) is 37.3 Å². The number of hydrogen-bond acceptors (Lipinski definition) is 2. The average molecular weight is 166 g/mol. The van der Waals surface area contributed by atoms with Crippen LogP contribution in [0.1, 0.15) is 13.8 Å². The molecule has 0 aliphatic heterocycles. The number of hydrogen-bond donors (Lipinski definition) is 1. The van der Waals surface area contributed by atoms with Gasteiger partial charge < -0.3 is 9.90 Å². The van der Waals surface area contributed by atoms with E-state index >= 15 is 0 Å². The monoisotopic (exact) mass is 166 g/mol. The number of benzene rings is 1. The Kier molecular flexibility index (Phi) is 5.70. The van der Waals surface area contributed by atoms with Gasteiger partial charge in [0, 0.05) is 5.92 Å². The van der Waals surface area contributed by atoms with Crippen molar-refractivity contribution in [2.75, 3.05) is 0 Å². The molecule has 0 fully saturated rings. The summed E-state index contributed by atoms with van der Waals surface area (Å²) in [4.78, 5) is 9.50. The Bertz CT molecular complexity index is 204. The lowest BCUT2D eigenvalue weighted by Crippen LogP contribution is -1.82. The summed E-state index contributed by atoms with van der Waals surface area (Å²) >= 11 is 0. The second-order valence-electron chi connectivity index (χ2n) is 2.72. The van der Waals surface area contributed by atoms with Crippen LogP contribution in [0.4, 0.5) is 0 Å². The van der Waals surface area contributed by atoms with Gasteiger partial charge in [-0.05, 0) is 12.1 Å². The van der Waals surface area contributed by atoms with Gasteiger partial charge in [0.2, 0.25) is 0 Å². The molecule has 1 aromatic carbocycles. The summed E-state index contributed by atoms with van der Waals surface area (Å²) in [5, 5.41) is 8.63. The van der Waals surface area contributed by atoms with Gasteiger partial charge in [0.05, 0.1) is 0 Å². The molecule has 0 aliphatic rings. The Morgan fingerprint density at radius 1 is 1.25 bits per heavy atom. The third kappa shape index (κ3) is 6.81. The number of rotatable bonds is 1. The van der Waals surface area contributed by atoms with E-state index in [1.807, 2.05) is 19.9 Å². The van der Waals surface area contributed by atoms with Gasteiger partial charge in [-0.2, -0.15) is 0 Å². The van der Waals surface area contributed by atoms with Crippen LogP contribution < -0.4 is 0 Å². The quantitative estimate of drug-likeness (QED) is 0.649. The molecule has 0 bridgehead atoms. The zero-order valence-electron chi connectivity index (χ0n) is 7.40. The molecular weight excluding hydrogens is 152 g/mol. The molecule has 0 amide bonds. The fraction of sp³-hybridized carbons (Fsp3) is 0.300. The summed E-state index contributed by atoms with van der Waals surface area (Å²) in [5.41, 5.74) is 0. The minimum Gasteiger partial charge on any atom is -0.508 e. The molecule has 1 aromatic rings. The summed E-state index contributed by atoms with van der Waals surface area (Å²) in [5.74, 6) is 0.525. The van der Waals surface area contributed by atoms with Gasteiger partial charge in [0.25, 0.3) is 0 Å². The standard InChI is InChI=1S/C6H6O.C4H8O/c7-6-4-2-1-3-5-6;1-4(2)3-5/h1-5,7H;3-4H,1-2H3. The Balaban J connectivity index is 0.000000217. The summed E-state index contributed by atoms with van der Waals surface area (Å²) in [6.45, 7) is 3.71. The molecule has 2 nitrogen and oxygen atoms in total. The number of aldehydes is 1. The first-order valence-electron chi connectivity index (χ1n) is 3.86. The fourth-order valence-electron chi connectivity index (χ4n) is 0.428. The molecule has 0 radical (unpaired) electrons. The number of aromatic hydroxyl groups is 1. The van der Waals surface area contributed by atoms with E-state index in [1.165, 1.54) is 0 Å². The maximum absolute atomic E-state index is 9.50. The van der Waals surface area contributed by atoms with Crippen molar-refractivity contribution in [2.45, 2.75) is 13.8 Å². The van der Waals surface area contributed by atoms with E-state index < -0.39 is 0 Å². The average Bonchev–Trinajstić information content (AvgIpc) is 2.07. The highest BCUT2D eigenvalue weighted by Crippen LogP contribution is 2.02. The first kappa shape index (κ1) is 10.7. The highest BCUT2D eigenvalue weighted by atomic mass is 16.3. The molecule has 1 rings (SSSR count). The first-order valence-corrected chi connectivity index (χ1v) is 3.86. The van der Waals surface area contributed by atoms with Gasteiger partial charge in [0.15, 0.2) is 0 Å². The normalized spacial score (nSPS) is 8.58. The molecule has 2 heteroatoms. The van der Waals surface area contributed by atoms with Crippen molar-refractivity contribution >= 4 is 6.29 Å². The number of phenols is 1. The van der Waals surface area contributed by atoms with Crippen LogP contribution in [0.3, 0.4) is 0 Å². The lowest BCUT2D eigenvalue weighted by molar-refractivity contribution is -0.110. The number of carbonyl (C=O) groups excluding carboxylic acids is 1. The van der Waals surface area contributed by atoms with Crippen molar-refractivity contribution in [2.24, 2.45) is 5.92 Å². The van der Waals surface area contributed by atoms with Crippen molar-refractivity contribution in [3.05, 3.63) is 30.3 Å². The summed E-state index contributed by atoms with van der Waals surface area (Å²) < 4.78 is 0. The third-order valence-electron chi connectivity index (χ3n) is 1.03. The van der Waals surface area contributed by atoms with Gasteiger partial charge in [0.1, 0.15) is 12.0 Å². The van der Waals surface area contributed by atoms with E-state index in [9.17, 15) is 4.79 Å². The van der Waals surface area contributed by atoms with Gasteiger partial charge in [-0.3, -0.25) is 0 Å². The lowest BCUT2D eigenvalue weighted by atomic mass is 10.3. The van der Waals surface area contributed by atoms with E-state index in [1.54, 1.807) is 24.3 Å². The number of carbonyl (C=O) groups is 1. The van der Waals surface area contributed by atoms with Gasteiger partial charge in [-0.25, -0.2) is 0 Å². The van der Waals surface area contributed by atoms with Crippen LogP contribution >= 0.6 is 0 Å². The largest absolute Gasteiger partial charge is 0.508 e. The van der Waals surface area contributed by atoms with Crippen LogP contribution in [0.2, 0.25) is 0 Å². The van der Waals surface area contributed by atoms with Crippen molar-refractivity contribution in [3.63, 3.8) is 0 Å². The second-order valence-corrected chi connectivity index (χ2v) is 2.72. The van der Waals surface area contributed by atoms with Crippen molar-refractivity contribution < 1.29 is 9.90 Å². The Labute approximate surface area is 72.9 Å². The Morgan fingerprint density at radius 3 is 1.83 bits per heavy atom. The molecule has 0 spiro atoms. The van der Waals surface area contributed by atoms with Gasteiger partial charge >= 0.3 is 0 Å². The molecule has 0 atom stereocenters. The maximum atomic E-state index is 9.50. The minimum absolute atomic E-state index is 0.204. The predicted octanol–water partition coefficient (Wildman–Crippen LogP) is 2.23. The fourth-order valence-corrected chi connectivity index (χ4v) is 0.428. The van der Waals surface area contributed by atoms with E-state index in [4.69, 9.17) is 5.11 Å². The third-order valence-corrected chi connectivity index (χ3v) is 1.03. The number of phenolic OH excluding ortho intramolecular Hbond substituents is 1. The molecule has 0 aromatic heterocycles. The molecule has 0 saturated carbocycles. The highest BCUT2D eigenvalue weighted by molar-refractivity contribution is 5.51. The van der Waals surface area contributed by atoms with Crippen LogP contribution in [0.25, 0.3) is 0 Å². The molecule has 12 heavy (non-hydrogen) atoms. The maximum Gasteiger partial charge on any atom is 0.122 e. The molecular formula is C10H14O2. The van der Waals surface area contributed by atoms with E-state index in [0.717, 1.165) is 6.29 Å².